The van der Waals surface area contributed by atoms with Crippen molar-refractivity contribution in [3.8, 4) is 0 Å². The van der Waals surface area contributed by atoms with Crippen LogP contribution < -0.4 is 0 Å². The maximum atomic E-state index is 12.8. The number of hydrogen-bond donors (Lipinski definition) is 0. The number of thiazole rings is 1. The van der Waals surface area contributed by atoms with Crippen LogP contribution in [-0.2, 0) is 17.9 Å². The first kappa shape index (κ1) is 17.5. The topological polar surface area (TPSA) is 63.5 Å². The van der Waals surface area contributed by atoms with Crippen molar-refractivity contribution < 1.29 is 9.53 Å². The molecule has 0 N–H and O–H groups in total. The second kappa shape index (κ2) is 7.75. The summed E-state index contributed by atoms with van der Waals surface area (Å²) in [5, 5.41) is 7.57. The van der Waals surface area contributed by atoms with Crippen LogP contribution in [0.25, 0.3) is 0 Å². The minimum Gasteiger partial charge on any atom is -0.375 e. The molecule has 26 heavy (non-hydrogen) atoms. The molecule has 4 rings (SSSR count). The molecule has 2 aromatic heterocycles. The Labute approximate surface area is 157 Å². The van der Waals surface area contributed by atoms with E-state index in [9.17, 15) is 4.79 Å². The molecule has 140 valence electrons. The molecule has 2 aliphatic heterocycles. The van der Waals surface area contributed by atoms with Crippen LogP contribution in [0, 0.1) is 6.92 Å². The van der Waals surface area contributed by atoms with Gasteiger partial charge in [0, 0.05) is 37.8 Å². The van der Waals surface area contributed by atoms with E-state index in [0.29, 0.717) is 26.3 Å². The van der Waals surface area contributed by atoms with Crippen molar-refractivity contribution in [2.45, 2.75) is 45.4 Å². The van der Waals surface area contributed by atoms with Crippen molar-refractivity contribution in [2.75, 3.05) is 26.2 Å². The number of amides is 2. The monoisotopic (exact) mass is 375 g/mol. The first-order chi connectivity index (χ1) is 12.7. The quantitative estimate of drug-likeness (QED) is 0.754. The van der Waals surface area contributed by atoms with E-state index in [4.69, 9.17) is 4.74 Å². The summed E-state index contributed by atoms with van der Waals surface area (Å²) in [7, 11) is 0. The van der Waals surface area contributed by atoms with Crippen molar-refractivity contribution >= 4 is 17.4 Å². The lowest BCUT2D eigenvalue weighted by Crippen LogP contribution is -2.47. The van der Waals surface area contributed by atoms with E-state index in [1.54, 1.807) is 11.3 Å². The van der Waals surface area contributed by atoms with Gasteiger partial charge in [-0.05, 0) is 32.3 Å². The Balaban J connectivity index is 1.34. The van der Waals surface area contributed by atoms with Crippen LogP contribution in [0.5, 0.6) is 0 Å². The fraction of sp³-hybridized carbons (Fsp3) is 0.611. The molecule has 0 spiro atoms. The van der Waals surface area contributed by atoms with Gasteiger partial charge in [-0.1, -0.05) is 0 Å². The Bertz CT molecular complexity index is 752. The molecule has 2 aliphatic rings. The molecule has 0 aliphatic carbocycles. The van der Waals surface area contributed by atoms with E-state index in [0.717, 1.165) is 48.7 Å². The van der Waals surface area contributed by atoms with Crippen LogP contribution >= 0.6 is 11.3 Å². The molecule has 2 amide bonds. The van der Waals surface area contributed by atoms with Gasteiger partial charge in [0.05, 0.1) is 35.6 Å². The Morgan fingerprint density at radius 3 is 2.96 bits per heavy atom. The molecule has 0 unspecified atom stereocenters. The van der Waals surface area contributed by atoms with E-state index >= 15 is 0 Å². The van der Waals surface area contributed by atoms with Gasteiger partial charge in [0.15, 0.2) is 0 Å². The zero-order valence-corrected chi connectivity index (χ0v) is 16.0. The van der Waals surface area contributed by atoms with E-state index in [-0.39, 0.29) is 12.1 Å². The van der Waals surface area contributed by atoms with Crippen molar-refractivity contribution in [2.24, 2.45) is 0 Å². The number of urea groups is 1. The Morgan fingerprint density at radius 2 is 2.19 bits per heavy atom. The second-order valence-corrected chi connectivity index (χ2v) is 8.04. The van der Waals surface area contributed by atoms with Crippen LogP contribution in [-0.4, -0.2) is 56.8 Å². The predicted octanol–water partition coefficient (Wildman–Crippen LogP) is 2.83. The molecule has 4 heterocycles. The van der Waals surface area contributed by atoms with E-state index in [1.807, 2.05) is 34.4 Å². The summed E-state index contributed by atoms with van der Waals surface area (Å²) < 4.78 is 7.87. The Hall–Kier alpha value is -1.93. The molecule has 1 fully saturated rings. The molecule has 2 aromatic rings. The van der Waals surface area contributed by atoms with Crippen molar-refractivity contribution in [1.82, 2.24) is 24.6 Å². The zero-order chi connectivity index (χ0) is 17.9. The van der Waals surface area contributed by atoms with Gasteiger partial charge in [0.25, 0.3) is 0 Å². The number of ether oxygens (including phenoxy) is 1. The second-order valence-electron chi connectivity index (χ2n) is 6.98. The van der Waals surface area contributed by atoms with Gasteiger partial charge in [-0.2, -0.15) is 5.10 Å². The van der Waals surface area contributed by atoms with Crippen LogP contribution in [0.15, 0.2) is 17.6 Å². The third-order valence-corrected chi connectivity index (χ3v) is 5.86. The first-order valence-corrected chi connectivity index (χ1v) is 10.1. The van der Waals surface area contributed by atoms with E-state index < -0.39 is 0 Å². The summed E-state index contributed by atoms with van der Waals surface area (Å²) in [5.41, 5.74) is 2.09. The number of aromatic nitrogens is 3. The minimum atomic E-state index is 0.164. The summed E-state index contributed by atoms with van der Waals surface area (Å²) in [6, 6.07) is 2.34. The maximum Gasteiger partial charge on any atom is 0.320 e. The lowest BCUT2D eigenvalue weighted by molar-refractivity contribution is 0.0874. The Morgan fingerprint density at radius 1 is 1.35 bits per heavy atom. The highest BCUT2D eigenvalue weighted by molar-refractivity contribution is 7.09. The number of nitrogens with zero attached hydrogens (tertiary/aromatic N) is 5. The van der Waals surface area contributed by atoms with Gasteiger partial charge in [-0.15, -0.1) is 11.3 Å². The van der Waals surface area contributed by atoms with E-state index in [1.165, 1.54) is 0 Å². The number of fused-ring (bicyclic) bond motifs is 1. The average Bonchev–Trinajstić information content (AvgIpc) is 3.39. The molecule has 0 aromatic carbocycles. The van der Waals surface area contributed by atoms with Gasteiger partial charge >= 0.3 is 6.03 Å². The number of aryl methyl sites for hydroxylation is 1. The van der Waals surface area contributed by atoms with Gasteiger partial charge < -0.3 is 14.5 Å². The van der Waals surface area contributed by atoms with Crippen LogP contribution in [0.3, 0.4) is 0 Å². The molecule has 0 radical (unpaired) electrons. The Kier molecular flexibility index (Phi) is 5.21. The maximum absolute atomic E-state index is 12.8. The highest BCUT2D eigenvalue weighted by atomic mass is 32.1. The predicted molar refractivity (Wildman–Crippen MR) is 99.0 cm³/mol. The largest absolute Gasteiger partial charge is 0.375 e. The highest BCUT2D eigenvalue weighted by Gasteiger charge is 2.31. The SMILES string of the molecule is Cc1nc(COCC[C@H]2CN(C(=O)N3CCCC3)Cc3ccnn32)cs1. The van der Waals surface area contributed by atoms with Crippen molar-refractivity contribution in [3.63, 3.8) is 0 Å². The molecule has 8 heteroatoms. The van der Waals surface area contributed by atoms with Gasteiger partial charge in [-0.3, -0.25) is 4.68 Å². The third kappa shape index (κ3) is 3.76. The number of carbonyl (C=O) groups is 1. The zero-order valence-electron chi connectivity index (χ0n) is 15.1. The standard InChI is InChI=1S/C18H25N5O2S/c1-14-20-15(13-26-14)12-25-9-5-17-11-22(10-16-4-6-19-23(16)17)18(24)21-7-2-3-8-21/h4,6,13,17H,2-3,5,7-12H2,1H3/t17-/m0/s1. The summed E-state index contributed by atoms with van der Waals surface area (Å²) in [6.45, 7) is 6.28. The summed E-state index contributed by atoms with van der Waals surface area (Å²) >= 11 is 1.64. The number of likely N-dealkylation sites (tertiary alicyclic amines) is 1. The number of hydrogen-bond acceptors (Lipinski definition) is 5. The molecule has 0 saturated carbocycles. The van der Waals surface area contributed by atoms with Crippen molar-refractivity contribution in [1.29, 1.82) is 0 Å². The fourth-order valence-electron chi connectivity index (χ4n) is 3.73. The molecule has 7 nitrogen and oxygen atoms in total. The van der Waals surface area contributed by atoms with Gasteiger partial charge in [0.2, 0.25) is 0 Å². The fourth-order valence-corrected chi connectivity index (χ4v) is 4.32. The third-order valence-electron chi connectivity index (χ3n) is 5.04. The molecular formula is C18H25N5O2S. The van der Waals surface area contributed by atoms with E-state index in [2.05, 4.69) is 14.8 Å². The van der Waals surface area contributed by atoms with Crippen LogP contribution in [0.4, 0.5) is 4.79 Å². The lowest BCUT2D eigenvalue weighted by atomic mass is 10.1. The summed E-state index contributed by atoms with van der Waals surface area (Å²) in [6.07, 6.45) is 4.89. The smallest absolute Gasteiger partial charge is 0.320 e. The first-order valence-electron chi connectivity index (χ1n) is 9.25. The molecule has 0 bridgehead atoms. The normalized spacial score (nSPS) is 19.8. The molecule has 1 atom stereocenters. The van der Waals surface area contributed by atoms with Gasteiger partial charge in [0.1, 0.15) is 0 Å². The van der Waals surface area contributed by atoms with Gasteiger partial charge in [-0.25, -0.2) is 9.78 Å². The number of carbonyl (C=O) groups excluding carboxylic acids is 1. The van der Waals surface area contributed by atoms with Crippen molar-refractivity contribution in [3.05, 3.63) is 34.0 Å². The minimum absolute atomic E-state index is 0.164. The summed E-state index contributed by atoms with van der Waals surface area (Å²) in [5.74, 6) is 0. The number of rotatable bonds is 5. The summed E-state index contributed by atoms with van der Waals surface area (Å²) in [4.78, 5) is 21.1. The molecular weight excluding hydrogens is 350 g/mol. The lowest BCUT2D eigenvalue weighted by Gasteiger charge is -2.36. The molecule has 1 saturated heterocycles. The van der Waals surface area contributed by atoms with Crippen LogP contribution in [0.1, 0.15) is 41.7 Å². The van der Waals surface area contributed by atoms with Crippen LogP contribution in [0.2, 0.25) is 0 Å². The average molecular weight is 375 g/mol. The highest BCUT2D eigenvalue weighted by Crippen LogP contribution is 2.25.